The second-order valence-electron chi connectivity index (χ2n) is 3.79. The van der Waals surface area contributed by atoms with E-state index in [1.54, 1.807) is 18.2 Å². The number of benzene rings is 1. The van der Waals surface area contributed by atoms with Crippen LogP contribution < -0.4 is 11.3 Å². The van der Waals surface area contributed by atoms with Crippen LogP contribution >= 0.6 is 31.9 Å². The zero-order valence-electron chi connectivity index (χ0n) is 9.99. The maximum atomic E-state index is 13.9. The molecule has 3 N–H and O–H groups in total. The van der Waals surface area contributed by atoms with Gasteiger partial charge in [0.05, 0.1) is 10.0 Å². The maximum absolute atomic E-state index is 13.9. The van der Waals surface area contributed by atoms with Gasteiger partial charge in [-0.2, -0.15) is 0 Å². The first-order valence-corrected chi connectivity index (χ1v) is 7.03. The SMILES string of the molecule is NNC(=O)/C=C/c1cc(Br)c(-c2ccc(Br)cc2F)o1. The standard InChI is InChI=1S/C13H9Br2FN2O2/c14-7-1-3-9(11(16)5-7)13-10(15)6-8(20-13)2-4-12(19)18-17/h1-6H,17H2,(H,18,19)/b4-2+. The number of nitrogens with one attached hydrogen (secondary N) is 1. The van der Waals surface area contributed by atoms with Crippen molar-refractivity contribution in [2.45, 2.75) is 0 Å². The third-order valence-corrected chi connectivity index (χ3v) is 3.51. The lowest BCUT2D eigenvalue weighted by molar-refractivity contribution is -0.116. The molecular weight excluding hydrogens is 395 g/mol. The zero-order valence-corrected chi connectivity index (χ0v) is 13.2. The molecule has 0 atom stereocenters. The van der Waals surface area contributed by atoms with E-state index in [1.807, 2.05) is 5.43 Å². The molecule has 0 unspecified atom stereocenters. The molecule has 20 heavy (non-hydrogen) atoms. The first-order valence-electron chi connectivity index (χ1n) is 5.44. The minimum absolute atomic E-state index is 0.322. The molecule has 1 aromatic heterocycles. The van der Waals surface area contributed by atoms with Gasteiger partial charge < -0.3 is 4.42 Å². The van der Waals surface area contributed by atoms with Gasteiger partial charge >= 0.3 is 0 Å². The fourth-order valence-corrected chi connectivity index (χ4v) is 2.39. The molecule has 0 aliphatic heterocycles. The molecule has 1 amide bonds. The molecule has 1 heterocycles. The second kappa shape index (κ2) is 6.34. The highest BCUT2D eigenvalue weighted by molar-refractivity contribution is 9.10. The van der Waals surface area contributed by atoms with Gasteiger partial charge in [0.15, 0.2) is 5.76 Å². The molecule has 2 aromatic rings. The number of carbonyl (C=O) groups excluding carboxylic acids is 1. The summed E-state index contributed by atoms with van der Waals surface area (Å²) in [6.07, 6.45) is 2.65. The molecular formula is C13H9Br2FN2O2. The fraction of sp³-hybridized carbons (Fsp3) is 0. The van der Waals surface area contributed by atoms with Crippen LogP contribution in [0.15, 0.2) is 43.7 Å². The van der Waals surface area contributed by atoms with Crippen molar-refractivity contribution in [2.24, 2.45) is 5.84 Å². The zero-order chi connectivity index (χ0) is 14.7. The van der Waals surface area contributed by atoms with Crippen LogP contribution in [0, 0.1) is 5.82 Å². The van der Waals surface area contributed by atoms with Crippen LogP contribution in [0.25, 0.3) is 17.4 Å². The van der Waals surface area contributed by atoms with Gasteiger partial charge in [-0.05, 0) is 46.3 Å². The number of hydrogen-bond donors (Lipinski definition) is 2. The van der Waals surface area contributed by atoms with E-state index in [2.05, 4.69) is 31.9 Å². The lowest BCUT2D eigenvalue weighted by Crippen LogP contribution is -2.27. The Hall–Kier alpha value is -1.44. The first-order chi connectivity index (χ1) is 9.51. The lowest BCUT2D eigenvalue weighted by Gasteiger charge is -2.01. The number of carbonyl (C=O) groups is 1. The quantitative estimate of drug-likeness (QED) is 0.356. The molecule has 4 nitrogen and oxygen atoms in total. The van der Waals surface area contributed by atoms with Crippen LogP contribution in [0.4, 0.5) is 4.39 Å². The van der Waals surface area contributed by atoms with E-state index in [4.69, 9.17) is 10.3 Å². The van der Waals surface area contributed by atoms with Gasteiger partial charge in [0.1, 0.15) is 11.6 Å². The number of nitrogens with two attached hydrogens (primary N) is 1. The van der Waals surface area contributed by atoms with Crippen molar-refractivity contribution < 1.29 is 13.6 Å². The van der Waals surface area contributed by atoms with Crippen molar-refractivity contribution in [3.8, 4) is 11.3 Å². The number of hydrazine groups is 1. The highest BCUT2D eigenvalue weighted by atomic mass is 79.9. The summed E-state index contributed by atoms with van der Waals surface area (Å²) in [6, 6.07) is 6.30. The summed E-state index contributed by atoms with van der Waals surface area (Å²) in [7, 11) is 0. The summed E-state index contributed by atoms with van der Waals surface area (Å²) >= 11 is 6.49. The molecule has 0 saturated heterocycles. The summed E-state index contributed by atoms with van der Waals surface area (Å²) in [5.41, 5.74) is 2.28. The van der Waals surface area contributed by atoms with Crippen molar-refractivity contribution in [3.05, 3.63) is 50.9 Å². The van der Waals surface area contributed by atoms with E-state index in [0.717, 1.165) is 0 Å². The first kappa shape index (κ1) is 15.0. The molecule has 0 fully saturated rings. The molecule has 0 spiro atoms. The topological polar surface area (TPSA) is 68.3 Å². The average Bonchev–Trinajstić information content (AvgIpc) is 2.77. The van der Waals surface area contributed by atoms with E-state index in [0.29, 0.717) is 26.0 Å². The summed E-state index contributed by atoms with van der Waals surface area (Å²) in [5.74, 6) is 4.83. The summed E-state index contributed by atoms with van der Waals surface area (Å²) in [5, 5.41) is 0. The van der Waals surface area contributed by atoms with Crippen molar-refractivity contribution in [1.82, 2.24) is 5.43 Å². The number of rotatable bonds is 3. The highest BCUT2D eigenvalue weighted by Crippen LogP contribution is 2.34. The summed E-state index contributed by atoms with van der Waals surface area (Å²) < 4.78 is 20.6. The Kier molecular flexibility index (Phi) is 4.74. The predicted octanol–water partition coefficient (Wildman–Crippen LogP) is 3.61. The van der Waals surface area contributed by atoms with Gasteiger partial charge in [0.25, 0.3) is 5.91 Å². The predicted molar refractivity (Wildman–Crippen MR) is 80.9 cm³/mol. The Morgan fingerprint density at radius 1 is 1.35 bits per heavy atom. The normalized spacial score (nSPS) is 11.0. The molecule has 2 rings (SSSR count). The van der Waals surface area contributed by atoms with Gasteiger partial charge in [-0.3, -0.25) is 10.2 Å². The molecule has 0 radical (unpaired) electrons. The van der Waals surface area contributed by atoms with Crippen LogP contribution in [0.1, 0.15) is 5.76 Å². The average molecular weight is 404 g/mol. The van der Waals surface area contributed by atoms with E-state index in [-0.39, 0.29) is 0 Å². The van der Waals surface area contributed by atoms with Crippen molar-refractivity contribution in [1.29, 1.82) is 0 Å². The third-order valence-electron chi connectivity index (χ3n) is 2.42. The van der Waals surface area contributed by atoms with Gasteiger partial charge in [0.2, 0.25) is 0 Å². The highest BCUT2D eigenvalue weighted by Gasteiger charge is 2.14. The maximum Gasteiger partial charge on any atom is 0.258 e. The largest absolute Gasteiger partial charge is 0.455 e. The molecule has 0 bridgehead atoms. The van der Waals surface area contributed by atoms with Crippen molar-refractivity contribution >= 4 is 43.8 Å². The van der Waals surface area contributed by atoms with E-state index in [9.17, 15) is 9.18 Å². The van der Waals surface area contributed by atoms with Gasteiger partial charge in [-0.25, -0.2) is 10.2 Å². The Balaban J connectivity index is 2.36. The lowest BCUT2D eigenvalue weighted by atomic mass is 10.1. The van der Waals surface area contributed by atoms with Gasteiger partial charge in [-0.1, -0.05) is 15.9 Å². The van der Waals surface area contributed by atoms with E-state index < -0.39 is 11.7 Å². The molecule has 1 aromatic carbocycles. The molecule has 0 aliphatic rings. The number of hydrogen-bond acceptors (Lipinski definition) is 3. The Morgan fingerprint density at radius 2 is 2.10 bits per heavy atom. The van der Waals surface area contributed by atoms with Crippen molar-refractivity contribution in [2.75, 3.05) is 0 Å². The number of amides is 1. The van der Waals surface area contributed by atoms with Crippen molar-refractivity contribution in [3.63, 3.8) is 0 Å². The van der Waals surface area contributed by atoms with E-state index >= 15 is 0 Å². The van der Waals surface area contributed by atoms with E-state index in [1.165, 1.54) is 18.2 Å². The van der Waals surface area contributed by atoms with Crippen LogP contribution in [-0.2, 0) is 4.79 Å². The number of halogens is 3. The monoisotopic (exact) mass is 402 g/mol. The minimum atomic E-state index is -0.464. The van der Waals surface area contributed by atoms with Crippen LogP contribution in [0.3, 0.4) is 0 Å². The van der Waals surface area contributed by atoms with Crippen LogP contribution in [-0.4, -0.2) is 5.91 Å². The Morgan fingerprint density at radius 3 is 2.75 bits per heavy atom. The molecule has 104 valence electrons. The van der Waals surface area contributed by atoms with Crippen LogP contribution in [0.5, 0.6) is 0 Å². The second-order valence-corrected chi connectivity index (χ2v) is 5.56. The molecule has 0 aliphatic carbocycles. The molecule has 0 saturated carbocycles. The van der Waals surface area contributed by atoms with Gasteiger partial charge in [0, 0.05) is 10.5 Å². The smallest absolute Gasteiger partial charge is 0.258 e. The Bertz CT molecular complexity index is 683. The third kappa shape index (κ3) is 3.36. The summed E-state index contributed by atoms with van der Waals surface area (Å²) in [6.45, 7) is 0. The summed E-state index contributed by atoms with van der Waals surface area (Å²) in [4.78, 5) is 11.0. The Labute approximate surface area is 131 Å². The minimum Gasteiger partial charge on any atom is -0.455 e. The fourth-order valence-electron chi connectivity index (χ4n) is 1.53. The molecule has 7 heteroatoms. The van der Waals surface area contributed by atoms with Gasteiger partial charge in [-0.15, -0.1) is 0 Å². The van der Waals surface area contributed by atoms with Crippen LogP contribution in [0.2, 0.25) is 0 Å². The number of furan rings is 1.